The van der Waals surface area contributed by atoms with Crippen LogP contribution in [0.25, 0.3) is 10.9 Å². The lowest BCUT2D eigenvalue weighted by Gasteiger charge is -2.06. The van der Waals surface area contributed by atoms with Crippen molar-refractivity contribution in [3.8, 4) is 5.75 Å². The van der Waals surface area contributed by atoms with Crippen molar-refractivity contribution in [2.75, 3.05) is 7.11 Å². The summed E-state index contributed by atoms with van der Waals surface area (Å²) in [5, 5.41) is 1.31. The van der Waals surface area contributed by atoms with Gasteiger partial charge in [0.15, 0.2) is 0 Å². The van der Waals surface area contributed by atoms with Gasteiger partial charge in [-0.25, -0.2) is 0 Å². The van der Waals surface area contributed by atoms with Crippen LogP contribution in [-0.2, 0) is 5.88 Å². The maximum atomic E-state index is 11.5. The number of ether oxygens (including phenoxy) is 1. The average molecular weight is 258 g/mol. The third-order valence-electron chi connectivity index (χ3n) is 2.34. The van der Waals surface area contributed by atoms with Crippen molar-refractivity contribution in [1.82, 2.24) is 4.98 Å². The average Bonchev–Trinajstić information content (AvgIpc) is 2.27. The van der Waals surface area contributed by atoms with Gasteiger partial charge >= 0.3 is 0 Å². The van der Waals surface area contributed by atoms with Gasteiger partial charge in [0.25, 0.3) is 5.56 Å². The maximum absolute atomic E-state index is 11.5. The number of hydrogen-bond acceptors (Lipinski definition) is 2. The Hall–Kier alpha value is -1.19. The number of nitrogens with one attached hydrogen (secondary N) is 1. The van der Waals surface area contributed by atoms with E-state index in [1.165, 1.54) is 0 Å². The summed E-state index contributed by atoms with van der Waals surface area (Å²) in [6, 6.07) is 5.17. The molecule has 0 unspecified atom stereocenters. The first-order valence-electron chi connectivity index (χ1n) is 4.61. The summed E-state index contributed by atoms with van der Waals surface area (Å²) in [5.74, 6) is 0.748. The fraction of sp³-hybridized carbons (Fsp3) is 0.182. The standard InChI is InChI=1S/C11H9Cl2NO2/c1-16-10-3-6-2-7(5-12)11(15)14-9(6)4-8(10)13/h2-4H,5H2,1H3,(H,14,15). The lowest BCUT2D eigenvalue weighted by molar-refractivity contribution is 0.415. The Morgan fingerprint density at radius 1 is 1.38 bits per heavy atom. The van der Waals surface area contributed by atoms with Gasteiger partial charge in [-0.15, -0.1) is 11.6 Å². The van der Waals surface area contributed by atoms with Gasteiger partial charge in [0, 0.05) is 10.9 Å². The molecular formula is C11H9Cl2NO2. The van der Waals surface area contributed by atoms with Crippen LogP contribution < -0.4 is 10.3 Å². The third kappa shape index (κ3) is 1.88. The molecule has 3 nitrogen and oxygen atoms in total. The first-order chi connectivity index (χ1) is 7.65. The highest BCUT2D eigenvalue weighted by Crippen LogP contribution is 2.28. The van der Waals surface area contributed by atoms with Crippen LogP contribution in [0, 0.1) is 0 Å². The molecule has 2 aromatic rings. The SMILES string of the molecule is COc1cc2cc(CCl)c(=O)[nH]c2cc1Cl. The van der Waals surface area contributed by atoms with Crippen LogP contribution in [0.15, 0.2) is 23.0 Å². The molecule has 1 N–H and O–H groups in total. The fourth-order valence-electron chi connectivity index (χ4n) is 1.51. The van der Waals surface area contributed by atoms with Gasteiger partial charge in [-0.1, -0.05) is 11.6 Å². The number of aromatic amines is 1. The molecule has 0 radical (unpaired) electrons. The predicted molar refractivity (Wildman–Crippen MR) is 65.7 cm³/mol. The Labute approximate surface area is 102 Å². The minimum Gasteiger partial charge on any atom is -0.495 e. The Kier molecular flexibility index (Phi) is 3.08. The number of pyridine rings is 1. The van der Waals surface area contributed by atoms with Gasteiger partial charge < -0.3 is 9.72 Å². The minimum atomic E-state index is -0.191. The zero-order valence-corrected chi connectivity index (χ0v) is 10.0. The molecule has 0 saturated heterocycles. The third-order valence-corrected chi connectivity index (χ3v) is 2.92. The lowest BCUT2D eigenvalue weighted by atomic mass is 10.1. The van der Waals surface area contributed by atoms with E-state index >= 15 is 0 Å². The van der Waals surface area contributed by atoms with Crippen molar-refractivity contribution < 1.29 is 4.74 Å². The Balaban J connectivity index is 2.77. The number of benzene rings is 1. The quantitative estimate of drug-likeness (QED) is 0.841. The summed E-state index contributed by atoms with van der Waals surface area (Å²) in [7, 11) is 1.54. The molecule has 0 saturated carbocycles. The normalized spacial score (nSPS) is 10.7. The molecule has 0 amide bonds. The van der Waals surface area contributed by atoms with Crippen molar-refractivity contribution in [2.24, 2.45) is 0 Å². The van der Waals surface area contributed by atoms with Gasteiger partial charge in [-0.2, -0.15) is 0 Å². The van der Waals surface area contributed by atoms with Gasteiger partial charge in [0.05, 0.1) is 23.5 Å². The Morgan fingerprint density at radius 3 is 2.75 bits per heavy atom. The lowest BCUT2D eigenvalue weighted by Crippen LogP contribution is -2.10. The topological polar surface area (TPSA) is 42.1 Å². The van der Waals surface area contributed by atoms with Gasteiger partial charge in [0.1, 0.15) is 5.75 Å². The van der Waals surface area contributed by atoms with Crippen LogP contribution in [-0.4, -0.2) is 12.1 Å². The van der Waals surface area contributed by atoms with E-state index in [9.17, 15) is 4.79 Å². The zero-order chi connectivity index (χ0) is 11.7. The van der Waals surface area contributed by atoms with Crippen molar-refractivity contribution in [3.63, 3.8) is 0 Å². The molecular weight excluding hydrogens is 249 g/mol. The van der Waals surface area contributed by atoms with E-state index in [0.29, 0.717) is 21.9 Å². The van der Waals surface area contributed by atoms with Crippen molar-refractivity contribution in [2.45, 2.75) is 5.88 Å². The Bertz CT molecular complexity index is 592. The summed E-state index contributed by atoms with van der Waals surface area (Å²) >= 11 is 11.6. The largest absolute Gasteiger partial charge is 0.495 e. The second-order valence-corrected chi connectivity index (χ2v) is 4.01. The first kappa shape index (κ1) is 11.3. The highest BCUT2D eigenvalue weighted by molar-refractivity contribution is 6.32. The molecule has 16 heavy (non-hydrogen) atoms. The number of aromatic nitrogens is 1. The van der Waals surface area contributed by atoms with E-state index in [0.717, 1.165) is 5.39 Å². The number of alkyl halides is 1. The molecule has 84 valence electrons. The molecule has 0 atom stereocenters. The number of H-pyrrole nitrogens is 1. The molecule has 0 bridgehead atoms. The Morgan fingerprint density at radius 2 is 2.12 bits per heavy atom. The van der Waals surface area contributed by atoms with Crippen molar-refractivity contribution in [3.05, 3.63) is 39.1 Å². The first-order valence-corrected chi connectivity index (χ1v) is 5.52. The molecule has 0 aliphatic heterocycles. The number of fused-ring (bicyclic) bond motifs is 1. The molecule has 0 fully saturated rings. The van der Waals surface area contributed by atoms with E-state index in [1.807, 2.05) is 0 Å². The highest BCUT2D eigenvalue weighted by Gasteiger charge is 2.06. The summed E-state index contributed by atoms with van der Waals surface area (Å²) in [6.07, 6.45) is 0. The molecule has 0 aliphatic rings. The van der Waals surface area contributed by atoms with E-state index in [4.69, 9.17) is 27.9 Å². The van der Waals surface area contributed by atoms with Crippen molar-refractivity contribution in [1.29, 1.82) is 0 Å². The van der Waals surface area contributed by atoms with Gasteiger partial charge in [-0.3, -0.25) is 4.79 Å². The monoisotopic (exact) mass is 257 g/mol. The molecule has 0 spiro atoms. The number of hydrogen-bond donors (Lipinski definition) is 1. The molecule has 0 aliphatic carbocycles. The van der Waals surface area contributed by atoms with Crippen molar-refractivity contribution >= 4 is 34.1 Å². The van der Waals surface area contributed by atoms with E-state index in [1.54, 1.807) is 25.3 Å². The molecule has 2 rings (SSSR count). The van der Waals surface area contributed by atoms with E-state index in [-0.39, 0.29) is 11.4 Å². The summed E-state index contributed by atoms with van der Waals surface area (Å²) in [5.41, 5.74) is 1.01. The number of methoxy groups -OCH3 is 1. The fourth-order valence-corrected chi connectivity index (χ4v) is 1.95. The molecule has 1 heterocycles. The van der Waals surface area contributed by atoms with Gasteiger partial charge in [0.2, 0.25) is 0 Å². The smallest absolute Gasteiger partial charge is 0.252 e. The van der Waals surface area contributed by atoms with Crippen LogP contribution in [0.3, 0.4) is 0 Å². The van der Waals surface area contributed by atoms with E-state index in [2.05, 4.69) is 4.98 Å². The zero-order valence-electron chi connectivity index (χ0n) is 8.51. The van der Waals surface area contributed by atoms with Crippen LogP contribution in [0.1, 0.15) is 5.56 Å². The number of rotatable bonds is 2. The van der Waals surface area contributed by atoms with Crippen LogP contribution >= 0.6 is 23.2 Å². The summed E-state index contributed by atoms with van der Waals surface area (Å²) in [4.78, 5) is 14.2. The second kappa shape index (κ2) is 4.36. The predicted octanol–water partition coefficient (Wildman–Crippen LogP) is 2.93. The van der Waals surface area contributed by atoms with Gasteiger partial charge in [-0.05, 0) is 18.2 Å². The molecule has 1 aromatic carbocycles. The number of halogens is 2. The second-order valence-electron chi connectivity index (χ2n) is 3.33. The maximum Gasteiger partial charge on any atom is 0.252 e. The van der Waals surface area contributed by atoms with Crippen LogP contribution in [0.4, 0.5) is 0 Å². The molecule has 1 aromatic heterocycles. The van der Waals surface area contributed by atoms with Crippen LogP contribution in [0.2, 0.25) is 5.02 Å². The highest BCUT2D eigenvalue weighted by atomic mass is 35.5. The molecule has 5 heteroatoms. The minimum absolute atomic E-state index is 0.177. The summed E-state index contributed by atoms with van der Waals surface area (Å²) < 4.78 is 5.10. The summed E-state index contributed by atoms with van der Waals surface area (Å²) in [6.45, 7) is 0. The van der Waals surface area contributed by atoms with Crippen LogP contribution in [0.5, 0.6) is 5.75 Å². The van der Waals surface area contributed by atoms with E-state index < -0.39 is 0 Å².